The molecule has 0 aliphatic carbocycles. The van der Waals surface area contributed by atoms with Crippen LogP contribution in [0.15, 0.2) is 34.1 Å². The number of rotatable bonds is 2. The Morgan fingerprint density at radius 1 is 1.41 bits per heavy atom. The van der Waals surface area contributed by atoms with E-state index >= 15 is 0 Å². The molecule has 4 heteroatoms. The normalized spacial score (nSPS) is 19.7. The van der Waals surface area contributed by atoms with Crippen molar-refractivity contribution >= 4 is 27.3 Å². The van der Waals surface area contributed by atoms with Crippen LogP contribution in [0.1, 0.15) is 18.0 Å². The van der Waals surface area contributed by atoms with E-state index in [1.165, 1.54) is 11.3 Å². The molecular weight excluding hydrogens is 298 g/mol. The zero-order valence-corrected chi connectivity index (χ0v) is 11.6. The van der Waals surface area contributed by atoms with E-state index in [-0.39, 0.29) is 0 Å². The maximum absolute atomic E-state index is 5.40. The molecule has 0 amide bonds. The van der Waals surface area contributed by atoms with Crippen LogP contribution >= 0.6 is 27.3 Å². The summed E-state index contributed by atoms with van der Waals surface area (Å²) in [4.78, 5) is 4.72. The lowest BCUT2D eigenvalue weighted by molar-refractivity contribution is 0.193. The van der Waals surface area contributed by atoms with Crippen LogP contribution in [0.4, 0.5) is 0 Å². The number of hydrogen-bond donors (Lipinski definition) is 0. The molecule has 1 aliphatic rings. The van der Waals surface area contributed by atoms with E-state index in [1.54, 1.807) is 11.3 Å². The van der Waals surface area contributed by atoms with Crippen LogP contribution in [0.2, 0.25) is 0 Å². The number of halogens is 1. The molecule has 2 nitrogen and oxygen atoms in total. The summed E-state index contributed by atoms with van der Waals surface area (Å²) in [5, 5.41) is 3.25. The van der Waals surface area contributed by atoms with E-state index in [0.29, 0.717) is 5.92 Å². The van der Waals surface area contributed by atoms with Gasteiger partial charge in [-0.3, -0.25) is 0 Å². The van der Waals surface area contributed by atoms with Crippen molar-refractivity contribution in [2.24, 2.45) is 0 Å². The Balaban J connectivity index is 1.89. The summed E-state index contributed by atoms with van der Waals surface area (Å²) in [6.07, 6.45) is 1.10. The van der Waals surface area contributed by atoms with E-state index in [9.17, 15) is 0 Å². The zero-order chi connectivity index (χ0) is 11.7. The van der Waals surface area contributed by atoms with Crippen molar-refractivity contribution in [2.75, 3.05) is 13.2 Å². The van der Waals surface area contributed by atoms with E-state index in [4.69, 9.17) is 9.72 Å². The molecule has 1 fully saturated rings. The second-order valence-electron chi connectivity index (χ2n) is 4.15. The highest BCUT2D eigenvalue weighted by Crippen LogP contribution is 2.31. The van der Waals surface area contributed by atoms with Gasteiger partial charge in [0.25, 0.3) is 0 Å². The standard InChI is InChI=1S/C13H12BrNOS/c14-11-3-1-2-9(6-11)13-15-12(8-17-13)10-4-5-16-7-10/h1-3,6,8,10H,4-5,7H2. The number of nitrogens with zero attached hydrogens (tertiary/aromatic N) is 1. The summed E-state index contributed by atoms with van der Waals surface area (Å²) in [6, 6.07) is 8.27. The van der Waals surface area contributed by atoms with Gasteiger partial charge in [-0.1, -0.05) is 28.1 Å². The molecule has 17 heavy (non-hydrogen) atoms. The van der Waals surface area contributed by atoms with Gasteiger partial charge in [0.2, 0.25) is 0 Å². The Bertz CT molecular complexity index is 520. The highest BCUT2D eigenvalue weighted by atomic mass is 79.9. The Morgan fingerprint density at radius 2 is 2.35 bits per heavy atom. The summed E-state index contributed by atoms with van der Waals surface area (Å²) in [6.45, 7) is 1.69. The Kier molecular flexibility index (Phi) is 3.27. The first-order valence-corrected chi connectivity index (χ1v) is 7.29. The largest absolute Gasteiger partial charge is 0.381 e. The van der Waals surface area contributed by atoms with Gasteiger partial charge in [-0.15, -0.1) is 11.3 Å². The number of hydrogen-bond acceptors (Lipinski definition) is 3. The van der Waals surface area contributed by atoms with E-state index < -0.39 is 0 Å². The molecule has 2 heterocycles. The minimum Gasteiger partial charge on any atom is -0.381 e. The third-order valence-electron chi connectivity index (χ3n) is 2.94. The molecule has 2 aromatic rings. The highest BCUT2D eigenvalue weighted by molar-refractivity contribution is 9.10. The van der Waals surface area contributed by atoms with Gasteiger partial charge < -0.3 is 4.74 Å². The number of benzene rings is 1. The first-order chi connectivity index (χ1) is 8.33. The Labute approximate surface area is 113 Å². The van der Waals surface area contributed by atoms with Crippen LogP contribution in [-0.2, 0) is 4.74 Å². The third-order valence-corrected chi connectivity index (χ3v) is 4.34. The van der Waals surface area contributed by atoms with Crippen molar-refractivity contribution in [1.82, 2.24) is 4.98 Å². The predicted molar refractivity (Wildman–Crippen MR) is 73.4 cm³/mol. The third kappa shape index (κ3) is 2.44. The molecule has 88 valence electrons. The van der Waals surface area contributed by atoms with E-state index in [1.807, 2.05) is 12.1 Å². The lowest BCUT2D eigenvalue weighted by Gasteiger charge is -2.01. The number of thiazole rings is 1. The predicted octanol–water partition coefficient (Wildman–Crippen LogP) is 4.08. The fourth-order valence-electron chi connectivity index (χ4n) is 2.00. The lowest BCUT2D eigenvalue weighted by Crippen LogP contribution is -1.97. The topological polar surface area (TPSA) is 22.1 Å². The molecule has 0 spiro atoms. The molecule has 1 aliphatic heterocycles. The van der Waals surface area contributed by atoms with Gasteiger partial charge in [0, 0.05) is 27.9 Å². The Morgan fingerprint density at radius 3 is 3.12 bits per heavy atom. The van der Waals surface area contributed by atoms with Gasteiger partial charge in [0.15, 0.2) is 0 Å². The zero-order valence-electron chi connectivity index (χ0n) is 9.23. The van der Waals surface area contributed by atoms with Crippen molar-refractivity contribution in [3.05, 3.63) is 39.8 Å². The van der Waals surface area contributed by atoms with E-state index in [2.05, 4.69) is 33.4 Å². The molecule has 1 aromatic heterocycles. The second-order valence-corrected chi connectivity index (χ2v) is 5.92. The molecule has 1 saturated heterocycles. The quantitative estimate of drug-likeness (QED) is 0.834. The summed E-state index contributed by atoms with van der Waals surface area (Å²) >= 11 is 5.20. The summed E-state index contributed by atoms with van der Waals surface area (Å²) < 4.78 is 6.50. The molecular formula is C13H12BrNOS. The second kappa shape index (κ2) is 4.88. The van der Waals surface area contributed by atoms with Gasteiger partial charge in [-0.05, 0) is 18.6 Å². The Hall–Kier alpha value is -0.710. The van der Waals surface area contributed by atoms with Crippen molar-refractivity contribution in [3.8, 4) is 10.6 Å². The molecule has 0 saturated carbocycles. The fourth-order valence-corrected chi connectivity index (χ4v) is 3.29. The average Bonchev–Trinajstić information content (AvgIpc) is 3.00. The number of aromatic nitrogens is 1. The first kappa shape index (κ1) is 11.4. The molecule has 0 bridgehead atoms. The minimum atomic E-state index is 0.493. The molecule has 1 aromatic carbocycles. The first-order valence-electron chi connectivity index (χ1n) is 5.62. The fraction of sp³-hybridized carbons (Fsp3) is 0.308. The monoisotopic (exact) mass is 309 g/mol. The summed E-state index contributed by atoms with van der Waals surface area (Å²) in [7, 11) is 0. The van der Waals surface area contributed by atoms with Crippen LogP contribution < -0.4 is 0 Å². The highest BCUT2D eigenvalue weighted by Gasteiger charge is 2.20. The van der Waals surface area contributed by atoms with Crippen LogP contribution in [0.5, 0.6) is 0 Å². The average molecular weight is 310 g/mol. The molecule has 0 N–H and O–H groups in total. The smallest absolute Gasteiger partial charge is 0.123 e. The maximum Gasteiger partial charge on any atom is 0.123 e. The molecule has 0 radical (unpaired) electrons. The van der Waals surface area contributed by atoms with Gasteiger partial charge in [-0.25, -0.2) is 4.98 Å². The van der Waals surface area contributed by atoms with Crippen LogP contribution in [0, 0.1) is 0 Å². The van der Waals surface area contributed by atoms with Crippen LogP contribution in [0.25, 0.3) is 10.6 Å². The van der Waals surface area contributed by atoms with Gasteiger partial charge in [0.05, 0.1) is 12.3 Å². The van der Waals surface area contributed by atoms with Crippen molar-refractivity contribution in [1.29, 1.82) is 0 Å². The maximum atomic E-state index is 5.40. The van der Waals surface area contributed by atoms with Crippen molar-refractivity contribution in [2.45, 2.75) is 12.3 Å². The van der Waals surface area contributed by atoms with Crippen molar-refractivity contribution in [3.63, 3.8) is 0 Å². The minimum absolute atomic E-state index is 0.493. The van der Waals surface area contributed by atoms with Crippen molar-refractivity contribution < 1.29 is 4.74 Å². The molecule has 3 rings (SSSR count). The summed E-state index contributed by atoms with van der Waals surface area (Å²) in [5.74, 6) is 0.493. The lowest BCUT2D eigenvalue weighted by atomic mass is 10.1. The van der Waals surface area contributed by atoms with Crippen LogP contribution in [0.3, 0.4) is 0 Å². The van der Waals surface area contributed by atoms with Gasteiger partial charge in [0.1, 0.15) is 5.01 Å². The van der Waals surface area contributed by atoms with E-state index in [0.717, 1.165) is 29.1 Å². The molecule has 1 atom stereocenters. The van der Waals surface area contributed by atoms with Crippen LogP contribution in [-0.4, -0.2) is 18.2 Å². The summed E-state index contributed by atoms with van der Waals surface area (Å²) in [5.41, 5.74) is 2.36. The van der Waals surface area contributed by atoms with Gasteiger partial charge in [-0.2, -0.15) is 0 Å². The molecule has 1 unspecified atom stereocenters. The SMILES string of the molecule is Brc1cccc(-c2nc(C3CCOC3)cs2)c1. The van der Waals surface area contributed by atoms with Gasteiger partial charge >= 0.3 is 0 Å². The number of ether oxygens (including phenoxy) is 1.